The van der Waals surface area contributed by atoms with Gasteiger partial charge in [-0.15, -0.1) is 0 Å². The van der Waals surface area contributed by atoms with E-state index in [0.29, 0.717) is 23.8 Å². The van der Waals surface area contributed by atoms with Gasteiger partial charge in [-0.3, -0.25) is 9.59 Å². The summed E-state index contributed by atoms with van der Waals surface area (Å²) in [5.74, 6) is -0.583. The largest absolute Gasteiger partial charge is 0.339 e. The zero-order chi connectivity index (χ0) is 22.1. The smallest absolute Gasteiger partial charge is 0.230 e. The third-order valence-electron chi connectivity index (χ3n) is 6.55. The van der Waals surface area contributed by atoms with Gasteiger partial charge in [0.15, 0.2) is 0 Å². The van der Waals surface area contributed by atoms with Crippen LogP contribution in [0.1, 0.15) is 50.2 Å². The third-order valence-corrected chi connectivity index (χ3v) is 6.55. The Labute approximate surface area is 180 Å². The Bertz CT molecular complexity index is 982. The molecule has 4 rings (SSSR count). The van der Waals surface area contributed by atoms with Gasteiger partial charge in [0.05, 0.1) is 18.7 Å². The molecule has 2 heterocycles. The molecular weight excluding hydrogens is 402 g/mol. The molecule has 2 aromatic rings. The molecule has 0 bridgehead atoms. The number of hydrogen-bond acceptors (Lipinski definition) is 3. The number of nitrogens with one attached hydrogen (secondary N) is 1. The molecule has 8 heteroatoms. The Morgan fingerprint density at radius 1 is 1.23 bits per heavy atom. The summed E-state index contributed by atoms with van der Waals surface area (Å²) in [4.78, 5) is 27.4. The molecule has 2 fully saturated rings. The van der Waals surface area contributed by atoms with E-state index in [1.807, 2.05) is 4.90 Å². The molecule has 1 aliphatic heterocycles. The first-order chi connectivity index (χ1) is 14.8. The van der Waals surface area contributed by atoms with Gasteiger partial charge in [-0.1, -0.05) is 6.92 Å². The molecule has 1 aromatic heterocycles. The molecule has 0 unspecified atom stereocenters. The van der Waals surface area contributed by atoms with E-state index in [1.54, 1.807) is 13.1 Å². The second kappa shape index (κ2) is 8.77. The van der Waals surface area contributed by atoms with Crippen LogP contribution in [0.5, 0.6) is 0 Å². The number of amides is 2. The summed E-state index contributed by atoms with van der Waals surface area (Å²) in [6, 6.07) is 3.48. The molecule has 1 aliphatic carbocycles. The number of carbonyl (C=O) groups is 2. The topological polar surface area (TPSA) is 67.2 Å². The van der Waals surface area contributed by atoms with Crippen molar-refractivity contribution in [1.29, 1.82) is 0 Å². The monoisotopic (exact) mass is 430 g/mol. The Hall–Kier alpha value is -2.77. The Kier molecular flexibility index (Phi) is 6.07. The number of hydrogen-bond donors (Lipinski definition) is 1. The second-order valence-electron chi connectivity index (χ2n) is 8.92. The van der Waals surface area contributed by atoms with Crippen LogP contribution in [-0.4, -0.2) is 39.1 Å². The lowest BCUT2D eigenvalue weighted by atomic mass is 9.87. The van der Waals surface area contributed by atoms with Gasteiger partial charge in [-0.25, -0.2) is 13.5 Å². The number of likely N-dealkylation sites (tertiary alicyclic amines) is 1. The molecule has 1 aromatic carbocycles. The molecule has 0 spiro atoms. The van der Waals surface area contributed by atoms with Crippen molar-refractivity contribution in [1.82, 2.24) is 14.7 Å². The van der Waals surface area contributed by atoms with Gasteiger partial charge in [0.2, 0.25) is 11.8 Å². The average Bonchev–Trinajstić information content (AvgIpc) is 3.29. The first-order valence-corrected chi connectivity index (χ1v) is 10.9. The minimum Gasteiger partial charge on any atom is -0.339 e. The van der Waals surface area contributed by atoms with Crippen LogP contribution >= 0.6 is 0 Å². The number of halogens is 2. The molecule has 0 radical (unpaired) electrons. The van der Waals surface area contributed by atoms with E-state index in [1.165, 1.54) is 4.68 Å². The summed E-state index contributed by atoms with van der Waals surface area (Å²) in [5, 5.41) is 7.08. The van der Waals surface area contributed by atoms with Crippen LogP contribution in [-0.2, 0) is 16.1 Å². The van der Waals surface area contributed by atoms with E-state index in [2.05, 4.69) is 17.3 Å². The van der Waals surface area contributed by atoms with Crippen LogP contribution in [0.25, 0.3) is 0 Å². The molecular formula is C23H28F2N4O2. The summed E-state index contributed by atoms with van der Waals surface area (Å²) in [6.45, 7) is 4.44. The van der Waals surface area contributed by atoms with Gasteiger partial charge in [0, 0.05) is 30.1 Å². The van der Waals surface area contributed by atoms with E-state index < -0.39 is 17.6 Å². The highest BCUT2D eigenvalue weighted by Crippen LogP contribution is 2.31. The molecule has 1 saturated carbocycles. The van der Waals surface area contributed by atoms with Crippen LogP contribution in [0.2, 0.25) is 0 Å². The van der Waals surface area contributed by atoms with Crippen molar-refractivity contribution in [2.24, 2.45) is 11.8 Å². The highest BCUT2D eigenvalue weighted by molar-refractivity contribution is 5.97. The highest BCUT2D eigenvalue weighted by atomic mass is 19.1. The standard InChI is InChI=1S/C23H28F2N4O2/c1-14-3-6-19(7-4-14)28-12-17(10-21(28)30)23(31)27-22-15(2)11-26-29(22)13-16-9-18(24)5-8-20(16)25/h5,8-9,11,14,17,19H,3-4,6-7,10,12-13H2,1-2H3,(H,27,31)/t14?,17-,19?/m1/s1. The third kappa shape index (κ3) is 4.62. The van der Waals surface area contributed by atoms with E-state index in [4.69, 9.17) is 0 Å². The highest BCUT2D eigenvalue weighted by Gasteiger charge is 2.39. The maximum Gasteiger partial charge on any atom is 0.230 e. The first-order valence-electron chi connectivity index (χ1n) is 10.9. The van der Waals surface area contributed by atoms with Gasteiger partial charge in [-0.05, 0) is 56.7 Å². The minimum atomic E-state index is -0.536. The molecule has 2 aliphatic rings. The van der Waals surface area contributed by atoms with E-state index in [0.717, 1.165) is 43.9 Å². The summed E-state index contributed by atoms with van der Waals surface area (Å²) >= 11 is 0. The fraction of sp³-hybridized carbons (Fsp3) is 0.522. The lowest BCUT2D eigenvalue weighted by Gasteiger charge is -2.33. The Balaban J connectivity index is 1.44. The summed E-state index contributed by atoms with van der Waals surface area (Å²) in [6.07, 6.45) is 5.98. The predicted octanol–water partition coefficient (Wildman–Crippen LogP) is 3.88. The number of benzene rings is 1. The van der Waals surface area contributed by atoms with Gasteiger partial charge in [-0.2, -0.15) is 5.10 Å². The van der Waals surface area contributed by atoms with Crippen molar-refractivity contribution in [2.75, 3.05) is 11.9 Å². The van der Waals surface area contributed by atoms with Gasteiger partial charge in [0.25, 0.3) is 0 Å². The maximum absolute atomic E-state index is 14.1. The number of rotatable bonds is 5. The van der Waals surface area contributed by atoms with Crippen molar-refractivity contribution in [2.45, 2.75) is 58.5 Å². The van der Waals surface area contributed by atoms with Crippen LogP contribution in [0.4, 0.5) is 14.6 Å². The van der Waals surface area contributed by atoms with Crippen molar-refractivity contribution in [3.05, 3.63) is 47.2 Å². The van der Waals surface area contributed by atoms with Crippen LogP contribution < -0.4 is 5.32 Å². The maximum atomic E-state index is 14.1. The van der Waals surface area contributed by atoms with Crippen molar-refractivity contribution in [3.8, 4) is 0 Å². The van der Waals surface area contributed by atoms with Gasteiger partial charge in [0.1, 0.15) is 17.5 Å². The quantitative estimate of drug-likeness (QED) is 0.783. The predicted molar refractivity (Wildman–Crippen MR) is 112 cm³/mol. The van der Waals surface area contributed by atoms with Crippen LogP contribution in [0, 0.1) is 30.4 Å². The normalized spacial score (nSPS) is 23.9. The summed E-state index contributed by atoms with van der Waals surface area (Å²) in [7, 11) is 0. The van der Waals surface area contributed by atoms with Crippen LogP contribution in [0.3, 0.4) is 0 Å². The van der Waals surface area contributed by atoms with E-state index in [-0.39, 0.29) is 36.4 Å². The Morgan fingerprint density at radius 2 is 1.97 bits per heavy atom. The number of aromatic nitrogens is 2. The average molecular weight is 430 g/mol. The van der Waals surface area contributed by atoms with Gasteiger partial charge >= 0.3 is 0 Å². The molecule has 6 nitrogen and oxygen atoms in total. The van der Waals surface area contributed by atoms with Crippen molar-refractivity contribution < 1.29 is 18.4 Å². The van der Waals surface area contributed by atoms with Gasteiger partial charge < -0.3 is 10.2 Å². The first kappa shape index (κ1) is 21.5. The number of aryl methyl sites for hydroxylation is 1. The molecule has 2 amide bonds. The van der Waals surface area contributed by atoms with E-state index >= 15 is 0 Å². The Morgan fingerprint density at radius 3 is 2.71 bits per heavy atom. The zero-order valence-electron chi connectivity index (χ0n) is 17.9. The summed E-state index contributed by atoms with van der Waals surface area (Å²) in [5.41, 5.74) is 0.861. The summed E-state index contributed by atoms with van der Waals surface area (Å²) < 4.78 is 29.0. The lowest BCUT2D eigenvalue weighted by molar-refractivity contribution is -0.130. The molecule has 1 saturated heterocycles. The molecule has 166 valence electrons. The van der Waals surface area contributed by atoms with E-state index in [9.17, 15) is 18.4 Å². The molecule has 31 heavy (non-hydrogen) atoms. The number of anilines is 1. The fourth-order valence-corrected chi connectivity index (χ4v) is 4.62. The number of nitrogens with zero attached hydrogens (tertiary/aromatic N) is 3. The molecule has 1 atom stereocenters. The van der Waals surface area contributed by atoms with Crippen molar-refractivity contribution >= 4 is 17.6 Å². The van der Waals surface area contributed by atoms with Crippen LogP contribution in [0.15, 0.2) is 24.4 Å². The SMILES string of the molecule is Cc1cnn(Cc2cc(F)ccc2F)c1NC(=O)[C@@H]1CC(=O)N(C2CCC(C)CC2)C1. The molecule has 1 N–H and O–H groups in total. The lowest BCUT2D eigenvalue weighted by Crippen LogP contribution is -2.39. The second-order valence-corrected chi connectivity index (χ2v) is 8.92. The fourth-order valence-electron chi connectivity index (χ4n) is 4.62. The van der Waals surface area contributed by atoms with Crippen molar-refractivity contribution in [3.63, 3.8) is 0 Å². The number of carbonyl (C=O) groups excluding carboxylic acids is 2. The minimum absolute atomic E-state index is 0.0109. The zero-order valence-corrected chi connectivity index (χ0v) is 17.9.